The van der Waals surface area contributed by atoms with Gasteiger partial charge in [-0.3, -0.25) is 14.5 Å². The zero-order chi connectivity index (χ0) is 22.4. The molecule has 1 saturated heterocycles. The minimum absolute atomic E-state index is 0.0111. The number of hydrogen-bond donors (Lipinski definition) is 1. The normalized spacial score (nSPS) is 26.9. The van der Waals surface area contributed by atoms with Crippen LogP contribution in [0.15, 0.2) is 47.3 Å². The first kappa shape index (κ1) is 21.2. The highest BCUT2D eigenvalue weighted by Gasteiger charge is 2.56. The topological polar surface area (TPSA) is 65.8 Å². The maximum atomic E-state index is 13.9. The second-order valence-electron chi connectivity index (χ2n) is 9.12. The monoisotopic (exact) mass is 433 g/mol. The van der Waals surface area contributed by atoms with Crippen molar-refractivity contribution in [1.82, 2.24) is 14.4 Å². The van der Waals surface area contributed by atoms with E-state index in [4.69, 9.17) is 0 Å². The number of allylic oxidation sites excluding steroid dienone is 1. The predicted octanol–water partition coefficient (Wildman–Crippen LogP) is 2.45. The molecule has 0 unspecified atom stereocenters. The Labute approximate surface area is 188 Å². The van der Waals surface area contributed by atoms with Gasteiger partial charge in [-0.1, -0.05) is 43.3 Å². The van der Waals surface area contributed by atoms with Crippen LogP contribution in [-0.4, -0.2) is 51.1 Å². The number of hydrogen-bond acceptors (Lipinski definition) is 4. The maximum absolute atomic E-state index is 13.9. The van der Waals surface area contributed by atoms with Crippen molar-refractivity contribution in [3.63, 3.8) is 0 Å². The number of rotatable bonds is 4. The van der Waals surface area contributed by atoms with Gasteiger partial charge in [-0.05, 0) is 43.1 Å². The molecule has 6 nitrogen and oxygen atoms in total. The first-order valence-corrected chi connectivity index (χ1v) is 11.7. The lowest BCUT2D eigenvalue weighted by Gasteiger charge is -2.38. The average Bonchev–Trinajstić information content (AvgIpc) is 3.05. The second-order valence-corrected chi connectivity index (χ2v) is 9.12. The molecule has 0 radical (unpaired) electrons. The lowest BCUT2D eigenvalue weighted by molar-refractivity contribution is -0.139. The fourth-order valence-electron chi connectivity index (χ4n) is 6.15. The van der Waals surface area contributed by atoms with Crippen molar-refractivity contribution in [1.29, 1.82) is 0 Å². The lowest BCUT2D eigenvalue weighted by atomic mass is 9.85. The van der Waals surface area contributed by atoms with E-state index >= 15 is 0 Å². The molecule has 4 heterocycles. The number of aromatic nitrogens is 1. The molecule has 2 aromatic rings. The maximum Gasteiger partial charge on any atom is 0.258 e. The van der Waals surface area contributed by atoms with Gasteiger partial charge >= 0.3 is 0 Å². The molecular weight excluding hydrogens is 402 g/mol. The molecular formula is C26H31N3O3. The lowest BCUT2D eigenvalue weighted by Crippen LogP contribution is -2.46. The van der Waals surface area contributed by atoms with E-state index in [0.717, 1.165) is 18.7 Å². The zero-order valence-corrected chi connectivity index (χ0v) is 18.8. The third-order valence-electron chi connectivity index (χ3n) is 7.64. The number of aliphatic hydroxyl groups excluding tert-OH is 1. The van der Waals surface area contributed by atoms with Crippen LogP contribution in [0.5, 0.6) is 0 Å². The van der Waals surface area contributed by atoms with E-state index in [9.17, 15) is 14.7 Å². The number of carbonyl (C=O) groups excluding carboxylic acids is 1. The van der Waals surface area contributed by atoms with Crippen LogP contribution in [0.3, 0.4) is 0 Å². The minimum Gasteiger partial charge on any atom is -0.396 e. The molecule has 0 aliphatic carbocycles. The molecule has 1 aromatic carbocycles. The Morgan fingerprint density at radius 2 is 1.97 bits per heavy atom. The van der Waals surface area contributed by atoms with Crippen molar-refractivity contribution in [2.75, 3.05) is 19.7 Å². The molecule has 1 aromatic heterocycles. The van der Waals surface area contributed by atoms with E-state index in [0.29, 0.717) is 25.2 Å². The number of benzene rings is 1. The average molecular weight is 434 g/mol. The van der Waals surface area contributed by atoms with E-state index in [-0.39, 0.29) is 42.0 Å². The van der Waals surface area contributed by atoms with Crippen LogP contribution in [0.25, 0.3) is 6.08 Å². The van der Waals surface area contributed by atoms with Crippen molar-refractivity contribution in [3.8, 4) is 0 Å². The summed E-state index contributed by atoms with van der Waals surface area (Å²) in [5.41, 5.74) is 4.06. The number of amides is 1. The minimum atomic E-state index is -0.351. The Bertz CT molecular complexity index is 1120. The summed E-state index contributed by atoms with van der Waals surface area (Å²) < 4.78 is 1.85. The molecule has 3 aliphatic heterocycles. The second kappa shape index (κ2) is 8.34. The molecule has 2 bridgehead atoms. The molecule has 0 spiro atoms. The molecule has 1 fully saturated rings. The zero-order valence-electron chi connectivity index (χ0n) is 18.8. The van der Waals surface area contributed by atoms with Gasteiger partial charge in [0.15, 0.2) is 0 Å². The molecule has 5 rings (SSSR count). The number of aliphatic hydroxyl groups is 1. The Hall–Kier alpha value is -2.70. The Morgan fingerprint density at radius 1 is 1.19 bits per heavy atom. The summed E-state index contributed by atoms with van der Waals surface area (Å²) in [6, 6.07) is 12.0. The van der Waals surface area contributed by atoms with Gasteiger partial charge in [0.05, 0.1) is 12.0 Å². The molecule has 6 heteroatoms. The number of carbonyl (C=O) groups is 1. The number of fused-ring (bicyclic) bond motifs is 5. The van der Waals surface area contributed by atoms with Crippen LogP contribution >= 0.6 is 0 Å². The van der Waals surface area contributed by atoms with E-state index in [1.807, 2.05) is 52.8 Å². The highest BCUT2D eigenvalue weighted by atomic mass is 16.3. The third-order valence-corrected chi connectivity index (χ3v) is 7.64. The highest BCUT2D eigenvalue weighted by molar-refractivity contribution is 5.81. The number of pyridine rings is 1. The largest absolute Gasteiger partial charge is 0.396 e. The van der Waals surface area contributed by atoms with Gasteiger partial charge in [0.2, 0.25) is 5.91 Å². The Kier molecular flexibility index (Phi) is 5.51. The summed E-state index contributed by atoms with van der Waals surface area (Å²) in [7, 11) is 0. The van der Waals surface area contributed by atoms with Gasteiger partial charge in [0.1, 0.15) is 0 Å². The fourth-order valence-corrected chi connectivity index (χ4v) is 6.15. The first-order valence-electron chi connectivity index (χ1n) is 11.7. The van der Waals surface area contributed by atoms with Crippen LogP contribution in [0.4, 0.5) is 0 Å². The molecule has 32 heavy (non-hydrogen) atoms. The summed E-state index contributed by atoms with van der Waals surface area (Å²) >= 11 is 0. The van der Waals surface area contributed by atoms with E-state index in [1.165, 1.54) is 11.1 Å². The van der Waals surface area contributed by atoms with Crippen LogP contribution < -0.4 is 5.56 Å². The van der Waals surface area contributed by atoms with Crippen LogP contribution in [0.1, 0.15) is 42.3 Å². The Balaban J connectivity index is 1.55. The number of nitrogens with zero attached hydrogens (tertiary/aromatic N) is 3. The van der Waals surface area contributed by atoms with Gasteiger partial charge in [0.25, 0.3) is 5.56 Å². The van der Waals surface area contributed by atoms with Gasteiger partial charge in [0, 0.05) is 49.5 Å². The third kappa shape index (κ3) is 3.16. The summed E-state index contributed by atoms with van der Waals surface area (Å²) in [5, 5.41) is 10.4. The van der Waals surface area contributed by atoms with Crippen molar-refractivity contribution >= 4 is 12.0 Å². The Morgan fingerprint density at radius 3 is 2.69 bits per heavy atom. The van der Waals surface area contributed by atoms with Gasteiger partial charge < -0.3 is 14.6 Å². The molecule has 4 atom stereocenters. The van der Waals surface area contributed by atoms with E-state index < -0.39 is 0 Å². The van der Waals surface area contributed by atoms with Gasteiger partial charge in [-0.25, -0.2) is 0 Å². The fraction of sp³-hybridized carbons (Fsp3) is 0.462. The summed E-state index contributed by atoms with van der Waals surface area (Å²) in [5.74, 6) is -0.437. The molecule has 3 aliphatic rings. The first-order chi connectivity index (χ1) is 15.6. The molecule has 168 valence electrons. The van der Waals surface area contributed by atoms with Crippen LogP contribution in [0, 0.1) is 11.8 Å². The van der Waals surface area contributed by atoms with Gasteiger partial charge in [-0.2, -0.15) is 0 Å². The van der Waals surface area contributed by atoms with Crippen molar-refractivity contribution in [2.45, 2.75) is 45.4 Å². The van der Waals surface area contributed by atoms with Crippen LogP contribution in [0.2, 0.25) is 0 Å². The summed E-state index contributed by atoms with van der Waals surface area (Å²) in [4.78, 5) is 31.4. The molecule has 1 amide bonds. The molecule has 0 saturated carbocycles. The van der Waals surface area contributed by atoms with Crippen molar-refractivity contribution < 1.29 is 9.90 Å². The van der Waals surface area contributed by atoms with Crippen LogP contribution in [-0.2, 0) is 24.3 Å². The predicted molar refractivity (Wildman–Crippen MR) is 124 cm³/mol. The van der Waals surface area contributed by atoms with Crippen molar-refractivity contribution in [2.24, 2.45) is 11.8 Å². The standard InChI is InChI=1S/C26H31N3O3/c1-3-7-18-10-11-21-24-23(20(16-30)22(28(24)4-2)15-29(21)25(18)31)26(32)27-13-12-17-8-5-6-9-19(17)14-27/h3,5-11,20,22-24,30H,4,12-16H2,1-2H3/b7-3+/t20-,22-,23+,24+/m1/s1. The number of likely N-dealkylation sites (N-methyl/N-ethyl adjacent to an activating group) is 1. The quantitative estimate of drug-likeness (QED) is 0.805. The smallest absolute Gasteiger partial charge is 0.258 e. The van der Waals surface area contributed by atoms with Crippen molar-refractivity contribution in [3.05, 3.63) is 75.2 Å². The van der Waals surface area contributed by atoms with E-state index in [2.05, 4.69) is 24.0 Å². The highest BCUT2D eigenvalue weighted by Crippen LogP contribution is 2.48. The van der Waals surface area contributed by atoms with Gasteiger partial charge in [-0.15, -0.1) is 0 Å². The summed E-state index contributed by atoms with van der Waals surface area (Å²) in [6.07, 6.45) is 4.56. The molecule has 1 N–H and O–H groups in total. The van der Waals surface area contributed by atoms with E-state index in [1.54, 1.807) is 0 Å². The SMILES string of the molecule is C/C=C/c1ccc2n(c1=O)C[C@@H]1[C@@H](CO)[C@H](C(=O)N3CCc4ccccc4C3)[C@H]2N1CC. The summed E-state index contributed by atoms with van der Waals surface area (Å²) in [6.45, 7) is 6.55.